The van der Waals surface area contributed by atoms with Gasteiger partial charge in [-0.15, -0.1) is 0 Å². The number of hydrogen-bond acceptors (Lipinski definition) is 6. The minimum Gasteiger partial charge on any atom is -0.480 e. The van der Waals surface area contributed by atoms with Gasteiger partial charge in [-0.25, -0.2) is 4.79 Å². The fourth-order valence-corrected chi connectivity index (χ4v) is 3.14. The zero-order valence-electron chi connectivity index (χ0n) is 18.0. The summed E-state index contributed by atoms with van der Waals surface area (Å²) in [5.41, 5.74) is 5.33. The maximum absolute atomic E-state index is 12.8. The molecule has 4 unspecified atom stereocenters. The molecule has 29 heavy (non-hydrogen) atoms. The SMILES string of the molecule is CCC(C)C(NC(=O)CN)C(=O)NC(CCSC)C(=O)NC(CC(C)C)C(=O)O. The zero-order valence-corrected chi connectivity index (χ0v) is 18.8. The van der Waals surface area contributed by atoms with E-state index in [1.165, 1.54) is 11.8 Å². The number of amides is 3. The lowest BCUT2D eigenvalue weighted by molar-refractivity contribution is -0.142. The van der Waals surface area contributed by atoms with Gasteiger partial charge in [-0.05, 0) is 36.7 Å². The van der Waals surface area contributed by atoms with E-state index in [2.05, 4.69) is 16.0 Å². The predicted octanol–water partition coefficient (Wildman–Crippen LogP) is 0.329. The van der Waals surface area contributed by atoms with Crippen LogP contribution in [0.15, 0.2) is 0 Å². The van der Waals surface area contributed by atoms with Crippen molar-refractivity contribution < 1.29 is 24.3 Å². The van der Waals surface area contributed by atoms with Gasteiger partial charge in [0.1, 0.15) is 18.1 Å². The number of carbonyl (C=O) groups is 4. The summed E-state index contributed by atoms with van der Waals surface area (Å²) in [6.45, 7) is 7.20. The molecule has 10 heteroatoms. The van der Waals surface area contributed by atoms with Crippen LogP contribution in [0.2, 0.25) is 0 Å². The molecule has 0 spiro atoms. The molecule has 168 valence electrons. The number of carbonyl (C=O) groups excluding carboxylic acids is 3. The molecular formula is C19H36N4O5S. The first-order valence-corrected chi connectivity index (χ1v) is 11.3. The van der Waals surface area contributed by atoms with E-state index in [9.17, 15) is 24.3 Å². The van der Waals surface area contributed by atoms with Crippen molar-refractivity contribution in [3.63, 3.8) is 0 Å². The summed E-state index contributed by atoms with van der Waals surface area (Å²) in [5.74, 6) is -2.09. The molecule has 0 rings (SSSR count). The molecular weight excluding hydrogens is 396 g/mol. The van der Waals surface area contributed by atoms with E-state index >= 15 is 0 Å². The van der Waals surface area contributed by atoms with Crippen LogP contribution in [0.5, 0.6) is 0 Å². The van der Waals surface area contributed by atoms with Crippen molar-refractivity contribution in [1.29, 1.82) is 0 Å². The van der Waals surface area contributed by atoms with Gasteiger partial charge in [-0.2, -0.15) is 11.8 Å². The second kappa shape index (κ2) is 14.2. The molecule has 4 atom stereocenters. The first kappa shape index (κ1) is 27.2. The van der Waals surface area contributed by atoms with Gasteiger partial charge >= 0.3 is 5.97 Å². The van der Waals surface area contributed by atoms with Crippen LogP contribution in [0.25, 0.3) is 0 Å². The molecule has 0 radical (unpaired) electrons. The molecule has 0 aromatic rings. The van der Waals surface area contributed by atoms with Crippen molar-refractivity contribution in [2.45, 2.75) is 65.1 Å². The van der Waals surface area contributed by atoms with Gasteiger partial charge in [0.15, 0.2) is 0 Å². The third-order valence-electron chi connectivity index (χ3n) is 4.56. The van der Waals surface area contributed by atoms with E-state index in [1.54, 1.807) is 0 Å². The number of aliphatic carboxylic acids is 1. The average Bonchev–Trinajstić information content (AvgIpc) is 2.66. The molecule has 9 nitrogen and oxygen atoms in total. The molecule has 6 N–H and O–H groups in total. The topological polar surface area (TPSA) is 151 Å². The van der Waals surface area contributed by atoms with E-state index in [1.807, 2.05) is 34.0 Å². The first-order valence-electron chi connectivity index (χ1n) is 9.89. The zero-order chi connectivity index (χ0) is 22.6. The van der Waals surface area contributed by atoms with E-state index < -0.39 is 41.8 Å². The Hall–Kier alpha value is -1.81. The van der Waals surface area contributed by atoms with Gasteiger partial charge in [0, 0.05) is 0 Å². The smallest absolute Gasteiger partial charge is 0.326 e. The molecule has 0 bridgehead atoms. The van der Waals surface area contributed by atoms with Crippen molar-refractivity contribution in [1.82, 2.24) is 16.0 Å². The van der Waals surface area contributed by atoms with Crippen LogP contribution in [0, 0.1) is 11.8 Å². The number of carboxylic acid groups (broad SMARTS) is 1. The van der Waals surface area contributed by atoms with Gasteiger partial charge in [0.2, 0.25) is 17.7 Å². The highest BCUT2D eigenvalue weighted by Crippen LogP contribution is 2.11. The van der Waals surface area contributed by atoms with E-state index in [-0.39, 0.29) is 24.8 Å². The Bertz CT molecular complexity index is 559. The van der Waals surface area contributed by atoms with Crippen LogP contribution >= 0.6 is 11.8 Å². The summed E-state index contributed by atoms with van der Waals surface area (Å²) in [5, 5.41) is 17.2. The lowest BCUT2D eigenvalue weighted by Crippen LogP contribution is -2.57. The Morgan fingerprint density at radius 1 is 1.00 bits per heavy atom. The molecule has 0 saturated carbocycles. The third kappa shape index (κ3) is 10.5. The summed E-state index contributed by atoms with van der Waals surface area (Å²) in [4.78, 5) is 48.7. The van der Waals surface area contributed by atoms with Crippen LogP contribution < -0.4 is 21.7 Å². The van der Waals surface area contributed by atoms with Crippen molar-refractivity contribution in [3.05, 3.63) is 0 Å². The number of nitrogens with one attached hydrogen (secondary N) is 3. The molecule has 0 aliphatic rings. The van der Waals surface area contributed by atoms with Gasteiger partial charge in [-0.1, -0.05) is 34.1 Å². The predicted molar refractivity (Wildman–Crippen MR) is 114 cm³/mol. The van der Waals surface area contributed by atoms with Crippen molar-refractivity contribution in [2.24, 2.45) is 17.6 Å². The standard InChI is InChI=1S/C19H36N4O5S/c1-6-12(4)16(23-15(24)10-20)18(26)21-13(7-8-29-5)17(25)22-14(19(27)28)9-11(2)3/h11-14,16H,6-10,20H2,1-5H3,(H,21,26)(H,22,25)(H,23,24)(H,27,28). The Balaban J connectivity index is 5.36. The normalized spacial score (nSPS) is 15.1. The highest BCUT2D eigenvalue weighted by molar-refractivity contribution is 7.98. The average molecular weight is 433 g/mol. The second-order valence-electron chi connectivity index (χ2n) is 7.51. The Labute approximate surface area is 177 Å². The lowest BCUT2D eigenvalue weighted by atomic mass is 9.97. The van der Waals surface area contributed by atoms with E-state index in [4.69, 9.17) is 5.73 Å². The summed E-state index contributed by atoms with van der Waals surface area (Å²) < 4.78 is 0. The molecule has 0 aliphatic carbocycles. The van der Waals surface area contributed by atoms with Crippen LogP contribution in [-0.4, -0.2) is 65.5 Å². The molecule has 0 fully saturated rings. The number of nitrogens with two attached hydrogens (primary N) is 1. The Morgan fingerprint density at radius 3 is 2.03 bits per heavy atom. The maximum Gasteiger partial charge on any atom is 0.326 e. The lowest BCUT2D eigenvalue weighted by Gasteiger charge is -2.27. The van der Waals surface area contributed by atoms with Gasteiger partial charge in [0.25, 0.3) is 0 Å². The van der Waals surface area contributed by atoms with Crippen LogP contribution in [-0.2, 0) is 19.2 Å². The molecule has 3 amide bonds. The maximum atomic E-state index is 12.8. The molecule has 0 saturated heterocycles. The van der Waals surface area contributed by atoms with Gasteiger partial charge in [0.05, 0.1) is 6.54 Å². The van der Waals surface area contributed by atoms with Crippen molar-refractivity contribution in [3.8, 4) is 0 Å². The fraction of sp³-hybridized carbons (Fsp3) is 0.789. The number of rotatable bonds is 14. The molecule has 0 aromatic carbocycles. The first-order chi connectivity index (χ1) is 13.6. The summed E-state index contributed by atoms with van der Waals surface area (Å²) in [6, 6.07) is -2.75. The van der Waals surface area contributed by atoms with Crippen molar-refractivity contribution in [2.75, 3.05) is 18.6 Å². The number of hydrogen-bond donors (Lipinski definition) is 5. The van der Waals surface area contributed by atoms with Crippen LogP contribution in [0.3, 0.4) is 0 Å². The highest BCUT2D eigenvalue weighted by atomic mass is 32.2. The number of thioether (sulfide) groups is 1. The largest absolute Gasteiger partial charge is 0.480 e. The third-order valence-corrected chi connectivity index (χ3v) is 5.21. The minimum atomic E-state index is -1.12. The summed E-state index contributed by atoms with van der Waals surface area (Å²) in [6.07, 6.45) is 3.14. The Kier molecular flexibility index (Phi) is 13.3. The number of carboxylic acids is 1. The monoisotopic (exact) mass is 432 g/mol. The molecule has 0 heterocycles. The Morgan fingerprint density at radius 2 is 1.59 bits per heavy atom. The molecule has 0 aromatic heterocycles. The minimum absolute atomic E-state index is 0.0805. The quantitative estimate of drug-likeness (QED) is 0.265. The van der Waals surface area contributed by atoms with Gasteiger partial charge < -0.3 is 26.8 Å². The van der Waals surface area contributed by atoms with E-state index in [0.29, 0.717) is 18.6 Å². The molecule has 0 aliphatic heterocycles. The summed E-state index contributed by atoms with van der Waals surface area (Å²) >= 11 is 1.51. The van der Waals surface area contributed by atoms with Crippen LogP contribution in [0.1, 0.15) is 47.0 Å². The highest BCUT2D eigenvalue weighted by Gasteiger charge is 2.31. The van der Waals surface area contributed by atoms with Gasteiger partial charge in [-0.3, -0.25) is 14.4 Å². The second-order valence-corrected chi connectivity index (χ2v) is 8.49. The summed E-state index contributed by atoms with van der Waals surface area (Å²) in [7, 11) is 0. The van der Waals surface area contributed by atoms with Crippen molar-refractivity contribution >= 4 is 35.5 Å². The van der Waals surface area contributed by atoms with Crippen LogP contribution in [0.4, 0.5) is 0 Å². The van der Waals surface area contributed by atoms with E-state index in [0.717, 1.165) is 0 Å². The fourth-order valence-electron chi connectivity index (χ4n) is 2.67.